The molecule has 2 aliphatic carbocycles. The maximum Gasteiger partial charge on any atom is -1.00 e. The summed E-state index contributed by atoms with van der Waals surface area (Å²) in [5.41, 5.74) is 12.5. The van der Waals surface area contributed by atoms with E-state index in [-0.39, 0.29) is 24.8 Å². The van der Waals surface area contributed by atoms with E-state index in [1.807, 2.05) is 0 Å². The number of rotatable bonds is 3. The van der Waals surface area contributed by atoms with Crippen LogP contribution >= 0.6 is 0 Å². The van der Waals surface area contributed by atoms with Crippen molar-refractivity contribution in [2.45, 2.75) is 37.0 Å². The normalized spacial score (nSPS) is 16.3. The van der Waals surface area contributed by atoms with Crippen LogP contribution in [0.4, 0.5) is 0 Å². The summed E-state index contributed by atoms with van der Waals surface area (Å²) in [7, 11) is 0. The maximum atomic E-state index is 2.56. The largest absolute Gasteiger partial charge is 1.00 e. The smallest absolute Gasteiger partial charge is 1.00 e. The van der Waals surface area contributed by atoms with Gasteiger partial charge in [-0.25, -0.2) is 0 Å². The average molecular weight is 479 g/mol. The minimum absolute atomic E-state index is 0. The number of halogens is 2. The number of aryl methyl sites for hydroxylation is 1. The topological polar surface area (TPSA) is 0 Å². The van der Waals surface area contributed by atoms with Gasteiger partial charge in [-0.1, -0.05) is 0 Å². The van der Waals surface area contributed by atoms with Crippen LogP contribution in [0.5, 0.6) is 0 Å². The Balaban J connectivity index is 0.00000121. The van der Waals surface area contributed by atoms with E-state index < -0.39 is 28.3 Å². The summed E-state index contributed by atoms with van der Waals surface area (Å²) in [5.74, 6) is -0.489. The van der Waals surface area contributed by atoms with Gasteiger partial charge >= 0.3 is 158 Å². The van der Waals surface area contributed by atoms with Gasteiger partial charge < -0.3 is 24.8 Å². The second kappa shape index (κ2) is 8.74. The summed E-state index contributed by atoms with van der Waals surface area (Å²) in [5, 5.41) is 0. The number of fused-ring (bicyclic) bond motifs is 3. The van der Waals surface area contributed by atoms with Gasteiger partial charge in [0.05, 0.1) is 0 Å². The standard InChI is InChI=1S/C20H17.C2H7Si.2ClH.Zr/c1-13-11-18-17-10-6-5-9-16(17)12-19(18)20(14(13)2)15-7-3-4-8-15;1-3-2;;;/h3-7,9-12H,8H2,1-2H3;3H,1-2H3;2*1H;/q;;;;+2/p-2. The molecule has 0 bridgehead atoms. The predicted molar refractivity (Wildman–Crippen MR) is 104 cm³/mol. The molecule has 26 heavy (non-hydrogen) atoms. The molecule has 0 amide bonds. The number of allylic oxidation sites excluding steroid dienone is 4. The Labute approximate surface area is 182 Å². The van der Waals surface area contributed by atoms with Gasteiger partial charge in [0.15, 0.2) is 0 Å². The van der Waals surface area contributed by atoms with Crippen molar-refractivity contribution in [3.05, 3.63) is 76.4 Å². The van der Waals surface area contributed by atoms with Crippen molar-refractivity contribution in [2.75, 3.05) is 0 Å². The number of benzene rings is 2. The first kappa shape index (κ1) is 21.9. The van der Waals surface area contributed by atoms with Gasteiger partial charge in [0.2, 0.25) is 0 Å². The zero-order valence-corrected chi connectivity index (χ0v) is 20.9. The molecule has 1 atom stereocenters. The van der Waals surface area contributed by atoms with E-state index in [2.05, 4.69) is 75.5 Å². The van der Waals surface area contributed by atoms with Crippen LogP contribution in [0.25, 0.3) is 16.7 Å². The van der Waals surface area contributed by atoms with E-state index in [0.717, 1.165) is 10.0 Å². The van der Waals surface area contributed by atoms with Gasteiger partial charge in [-0.05, 0) is 0 Å². The first-order chi connectivity index (χ1) is 11.6. The molecule has 0 heterocycles. The molecule has 0 saturated carbocycles. The zero-order chi connectivity index (χ0) is 16.8. The van der Waals surface area contributed by atoms with Gasteiger partial charge in [0, 0.05) is 0 Å². The summed E-state index contributed by atoms with van der Waals surface area (Å²) in [6, 6.07) is 11.7. The molecule has 0 saturated heterocycles. The third-order valence-corrected chi connectivity index (χ3v) is 15.2. The van der Waals surface area contributed by atoms with E-state index >= 15 is 0 Å². The molecule has 4 rings (SSSR count). The molecule has 134 valence electrons. The van der Waals surface area contributed by atoms with Crippen LogP contribution < -0.4 is 24.8 Å². The Morgan fingerprint density at radius 2 is 1.77 bits per heavy atom. The van der Waals surface area contributed by atoms with Crippen LogP contribution in [-0.2, 0) is 22.4 Å². The van der Waals surface area contributed by atoms with Crippen molar-refractivity contribution in [1.82, 2.24) is 0 Å². The van der Waals surface area contributed by atoms with Gasteiger partial charge in [0.1, 0.15) is 0 Å². The van der Waals surface area contributed by atoms with Gasteiger partial charge in [-0.15, -0.1) is 0 Å². The van der Waals surface area contributed by atoms with Crippen molar-refractivity contribution in [1.29, 1.82) is 0 Å². The fourth-order valence-corrected chi connectivity index (χ4v) is 14.0. The molecule has 2 aromatic carbocycles. The van der Waals surface area contributed by atoms with Crippen LogP contribution in [0.1, 0.15) is 37.9 Å². The first-order valence-electron chi connectivity index (χ1n) is 8.93. The van der Waals surface area contributed by atoms with Crippen molar-refractivity contribution >= 4 is 11.5 Å². The van der Waals surface area contributed by atoms with Crippen LogP contribution in [0.3, 0.4) is 0 Å². The third-order valence-electron chi connectivity index (χ3n) is 5.33. The molecule has 0 aliphatic heterocycles. The van der Waals surface area contributed by atoms with E-state index in [1.165, 1.54) is 27.8 Å². The quantitative estimate of drug-likeness (QED) is 0.536. The Bertz CT molecular complexity index is 884. The Morgan fingerprint density at radius 1 is 1.04 bits per heavy atom. The summed E-state index contributed by atoms with van der Waals surface area (Å²) in [6.07, 6.45) is 7.99. The first-order valence-corrected chi connectivity index (χ1v) is 17.5. The third kappa shape index (κ3) is 3.63. The van der Waals surface area contributed by atoms with Crippen molar-refractivity contribution in [3.8, 4) is 11.1 Å². The van der Waals surface area contributed by atoms with Crippen LogP contribution in [-0.4, -0.2) is 5.92 Å². The zero-order valence-electron chi connectivity index (χ0n) is 15.7. The fourth-order valence-electron chi connectivity index (χ4n) is 4.16. The minimum Gasteiger partial charge on any atom is -1.00 e. The van der Waals surface area contributed by atoms with E-state index in [0.29, 0.717) is 0 Å². The monoisotopic (exact) mass is 476 g/mol. The van der Waals surface area contributed by atoms with Crippen LogP contribution in [0.15, 0.2) is 48.6 Å². The van der Waals surface area contributed by atoms with E-state index in [1.54, 1.807) is 16.7 Å². The Morgan fingerprint density at radius 3 is 2.42 bits per heavy atom. The molecule has 1 unspecified atom stereocenters. The number of hydrogen-bond donors (Lipinski definition) is 0. The SMILES string of the molecule is Cc1cc2c(c(C3=CC=CC3)c1C)[CH]([Zr+2][SiH](C)C)c1ccccc1-2.[Cl-].[Cl-]. The summed E-state index contributed by atoms with van der Waals surface area (Å²) >= 11 is -0.403. The average Bonchev–Trinajstić information content (AvgIpc) is 3.17. The summed E-state index contributed by atoms with van der Waals surface area (Å²) in [6.45, 7) is 9.74. The molecule has 2 aromatic rings. The second-order valence-electron chi connectivity index (χ2n) is 7.32. The van der Waals surface area contributed by atoms with Crippen molar-refractivity contribution < 1.29 is 47.2 Å². The molecule has 4 heteroatoms. The molecule has 0 nitrogen and oxygen atoms in total. The number of hydrogen-bond acceptors (Lipinski definition) is 0. The Kier molecular flexibility index (Phi) is 7.36. The van der Waals surface area contributed by atoms with Crippen LogP contribution in [0, 0.1) is 13.8 Å². The molecule has 2 aliphatic rings. The predicted octanol–water partition coefficient (Wildman–Crippen LogP) is -0.210. The molecule has 0 spiro atoms. The molecular weight excluding hydrogens is 454 g/mol. The second-order valence-corrected chi connectivity index (χ2v) is 22.4. The molecule has 0 fully saturated rings. The van der Waals surface area contributed by atoms with Gasteiger partial charge in [-0.2, -0.15) is 0 Å². The van der Waals surface area contributed by atoms with E-state index in [4.69, 9.17) is 0 Å². The molecular formula is C22H24Cl2SiZr. The summed E-state index contributed by atoms with van der Waals surface area (Å²) in [4.78, 5) is 0. The van der Waals surface area contributed by atoms with Gasteiger partial charge in [-0.3, -0.25) is 0 Å². The molecule has 0 aromatic heterocycles. The molecule has 0 radical (unpaired) electrons. The summed E-state index contributed by atoms with van der Waals surface area (Å²) < 4.78 is 0.766. The van der Waals surface area contributed by atoms with Crippen LogP contribution in [0.2, 0.25) is 13.1 Å². The fraction of sp³-hybridized carbons (Fsp3) is 0.273. The van der Waals surface area contributed by atoms with Crippen molar-refractivity contribution in [3.63, 3.8) is 0 Å². The van der Waals surface area contributed by atoms with Gasteiger partial charge in [0.25, 0.3) is 0 Å². The van der Waals surface area contributed by atoms with E-state index in [9.17, 15) is 0 Å². The molecule has 0 N–H and O–H groups in total. The van der Waals surface area contributed by atoms with Crippen molar-refractivity contribution in [2.24, 2.45) is 0 Å². The minimum atomic E-state index is -0.489. The maximum absolute atomic E-state index is 2.56. The Hall–Kier alpha value is -0.400.